The van der Waals surface area contributed by atoms with Gasteiger partial charge in [0.2, 0.25) is 0 Å². The Hall–Kier alpha value is -2.70. The van der Waals surface area contributed by atoms with Crippen LogP contribution in [-0.4, -0.2) is 18.5 Å². The maximum absolute atomic E-state index is 12.4. The first-order valence-corrected chi connectivity index (χ1v) is 6.00. The Morgan fingerprint density at radius 1 is 1.05 bits per heavy atom. The van der Waals surface area contributed by atoms with Crippen molar-refractivity contribution in [3.05, 3.63) is 55.1 Å². The molecule has 0 radical (unpaired) electrons. The molecule has 7 heteroatoms. The van der Waals surface area contributed by atoms with Crippen molar-refractivity contribution >= 4 is 16.7 Å². The second kappa shape index (κ2) is 3.89. The average Bonchev–Trinajstić information content (AvgIpc) is 2.42. The molecule has 0 unspecified atom stereocenters. The van der Waals surface area contributed by atoms with Gasteiger partial charge >= 0.3 is 5.69 Å². The molecule has 0 fully saturated rings. The third-order valence-corrected chi connectivity index (χ3v) is 3.38. The van der Waals surface area contributed by atoms with Gasteiger partial charge < -0.3 is 0 Å². The molecular formula is C13H12N4O3. The van der Waals surface area contributed by atoms with Gasteiger partial charge in [0.05, 0.1) is 0 Å². The van der Waals surface area contributed by atoms with E-state index < -0.39 is 16.8 Å². The predicted octanol–water partition coefficient (Wildman–Crippen LogP) is -0.446. The molecule has 7 nitrogen and oxygen atoms in total. The summed E-state index contributed by atoms with van der Waals surface area (Å²) in [6, 6.07) is 3.48. The first kappa shape index (κ1) is 12.3. The van der Waals surface area contributed by atoms with Crippen LogP contribution >= 0.6 is 0 Å². The molecule has 0 atom stereocenters. The minimum atomic E-state index is -0.629. The highest BCUT2D eigenvalue weighted by Crippen LogP contribution is 2.05. The topological polar surface area (TPSA) is 78.4 Å². The van der Waals surface area contributed by atoms with E-state index in [0.717, 1.165) is 10.1 Å². The molecule has 102 valence electrons. The van der Waals surface area contributed by atoms with Crippen LogP contribution in [0.4, 0.5) is 0 Å². The quantitative estimate of drug-likeness (QED) is 0.519. The number of nitrogens with zero attached hydrogens (tertiary/aromatic N) is 4. The number of aryl methyl sites for hydroxylation is 2. The van der Waals surface area contributed by atoms with Gasteiger partial charge in [0, 0.05) is 20.3 Å². The van der Waals surface area contributed by atoms with Crippen LogP contribution < -0.4 is 16.8 Å². The summed E-state index contributed by atoms with van der Waals surface area (Å²) in [6.07, 6.45) is 1.57. The SMILES string of the molecule is Cc1ccn2c(=O)c3c(=O)n(C)c(=O)n(C)c3nc2c1. The van der Waals surface area contributed by atoms with Crippen molar-refractivity contribution in [1.29, 1.82) is 0 Å². The molecule has 3 aromatic heterocycles. The highest BCUT2D eigenvalue weighted by molar-refractivity contribution is 5.75. The summed E-state index contributed by atoms with van der Waals surface area (Å²) < 4.78 is 3.42. The van der Waals surface area contributed by atoms with E-state index >= 15 is 0 Å². The maximum Gasteiger partial charge on any atom is 0.332 e. The molecule has 0 bridgehead atoms. The second-order valence-electron chi connectivity index (χ2n) is 4.75. The Balaban J connectivity index is 2.75. The zero-order valence-corrected chi connectivity index (χ0v) is 11.2. The molecule has 0 aromatic carbocycles. The highest BCUT2D eigenvalue weighted by atomic mass is 16.2. The van der Waals surface area contributed by atoms with E-state index in [9.17, 15) is 14.4 Å². The number of rotatable bonds is 0. The van der Waals surface area contributed by atoms with E-state index in [2.05, 4.69) is 4.98 Å². The predicted molar refractivity (Wildman–Crippen MR) is 74.2 cm³/mol. The van der Waals surface area contributed by atoms with Crippen molar-refractivity contribution in [1.82, 2.24) is 18.5 Å². The van der Waals surface area contributed by atoms with Gasteiger partial charge in [-0.3, -0.25) is 23.1 Å². The molecule has 3 rings (SSSR count). The van der Waals surface area contributed by atoms with Crippen molar-refractivity contribution in [2.75, 3.05) is 0 Å². The second-order valence-corrected chi connectivity index (χ2v) is 4.75. The van der Waals surface area contributed by atoms with E-state index in [4.69, 9.17) is 0 Å². The molecular weight excluding hydrogens is 260 g/mol. The largest absolute Gasteiger partial charge is 0.332 e. The molecule has 0 aliphatic rings. The third kappa shape index (κ3) is 1.46. The summed E-state index contributed by atoms with van der Waals surface area (Å²) in [5.74, 6) is 0. The molecule has 0 aliphatic carbocycles. The fraction of sp³-hybridized carbons (Fsp3) is 0.231. The number of aromatic nitrogens is 4. The minimum absolute atomic E-state index is 0.0871. The summed E-state index contributed by atoms with van der Waals surface area (Å²) in [4.78, 5) is 40.7. The van der Waals surface area contributed by atoms with Crippen molar-refractivity contribution in [2.24, 2.45) is 14.1 Å². The monoisotopic (exact) mass is 272 g/mol. The van der Waals surface area contributed by atoms with Crippen LogP contribution in [0.5, 0.6) is 0 Å². The molecule has 3 aromatic rings. The number of fused-ring (bicyclic) bond motifs is 2. The van der Waals surface area contributed by atoms with Crippen molar-refractivity contribution in [2.45, 2.75) is 6.92 Å². The van der Waals surface area contributed by atoms with Crippen molar-refractivity contribution < 1.29 is 0 Å². The van der Waals surface area contributed by atoms with E-state index in [1.54, 1.807) is 18.3 Å². The Labute approximate surface area is 112 Å². The molecule has 0 amide bonds. The lowest BCUT2D eigenvalue weighted by Gasteiger charge is -2.08. The molecule has 20 heavy (non-hydrogen) atoms. The van der Waals surface area contributed by atoms with Crippen LogP contribution in [0.2, 0.25) is 0 Å². The van der Waals surface area contributed by atoms with Gasteiger partial charge in [-0.05, 0) is 24.6 Å². The lowest BCUT2D eigenvalue weighted by atomic mass is 10.3. The highest BCUT2D eigenvalue weighted by Gasteiger charge is 2.15. The fourth-order valence-electron chi connectivity index (χ4n) is 2.23. The van der Waals surface area contributed by atoms with Gasteiger partial charge in [-0.1, -0.05) is 0 Å². The molecule has 3 heterocycles. The van der Waals surface area contributed by atoms with E-state index in [1.807, 2.05) is 6.92 Å². The van der Waals surface area contributed by atoms with E-state index in [0.29, 0.717) is 5.65 Å². The van der Waals surface area contributed by atoms with Crippen molar-refractivity contribution in [3.63, 3.8) is 0 Å². The summed E-state index contributed by atoms with van der Waals surface area (Å²) in [6.45, 7) is 1.87. The first-order chi connectivity index (χ1) is 9.41. The lowest BCUT2D eigenvalue weighted by molar-refractivity contribution is 0.705. The van der Waals surface area contributed by atoms with Crippen LogP contribution in [-0.2, 0) is 14.1 Å². The molecule has 0 spiro atoms. The summed E-state index contributed by atoms with van der Waals surface area (Å²) in [7, 11) is 2.83. The van der Waals surface area contributed by atoms with Gasteiger partial charge in [0.25, 0.3) is 11.1 Å². The smallest absolute Gasteiger partial charge is 0.280 e. The normalized spacial score (nSPS) is 11.3. The van der Waals surface area contributed by atoms with Crippen molar-refractivity contribution in [3.8, 4) is 0 Å². The minimum Gasteiger partial charge on any atom is -0.280 e. The Morgan fingerprint density at radius 3 is 2.45 bits per heavy atom. The summed E-state index contributed by atoms with van der Waals surface area (Å²) in [5.41, 5.74) is -0.160. The van der Waals surface area contributed by atoms with Crippen LogP contribution in [0.3, 0.4) is 0 Å². The van der Waals surface area contributed by atoms with Gasteiger partial charge in [0.1, 0.15) is 11.0 Å². The zero-order chi connectivity index (χ0) is 14.6. The van der Waals surface area contributed by atoms with Crippen LogP contribution in [0.15, 0.2) is 32.7 Å². The molecule has 0 saturated carbocycles. The lowest BCUT2D eigenvalue weighted by Crippen LogP contribution is -2.40. The number of hydrogen-bond donors (Lipinski definition) is 0. The van der Waals surface area contributed by atoms with Gasteiger partial charge in [0.15, 0.2) is 5.65 Å². The zero-order valence-electron chi connectivity index (χ0n) is 11.2. The Bertz CT molecular complexity index is 1040. The Kier molecular flexibility index (Phi) is 2.40. The van der Waals surface area contributed by atoms with E-state index in [1.165, 1.54) is 23.1 Å². The summed E-state index contributed by atoms with van der Waals surface area (Å²) in [5, 5.41) is -0.0871. The third-order valence-electron chi connectivity index (χ3n) is 3.38. The van der Waals surface area contributed by atoms with Crippen LogP contribution in [0.1, 0.15) is 5.56 Å². The molecule has 0 N–H and O–H groups in total. The van der Waals surface area contributed by atoms with Crippen LogP contribution in [0.25, 0.3) is 16.7 Å². The van der Waals surface area contributed by atoms with Gasteiger partial charge in [-0.15, -0.1) is 0 Å². The van der Waals surface area contributed by atoms with Gasteiger partial charge in [-0.2, -0.15) is 0 Å². The maximum atomic E-state index is 12.4. The molecule has 0 aliphatic heterocycles. The summed E-state index contributed by atoms with van der Waals surface area (Å²) >= 11 is 0. The first-order valence-electron chi connectivity index (χ1n) is 6.00. The molecule has 0 saturated heterocycles. The standard InChI is InChI=1S/C13H12N4O3/c1-7-4-5-17-8(6-7)14-10-9(12(17)19)11(18)16(3)13(20)15(10)2/h4-6H,1-3H3. The fourth-order valence-corrected chi connectivity index (χ4v) is 2.23. The van der Waals surface area contributed by atoms with Crippen LogP contribution in [0, 0.1) is 6.92 Å². The van der Waals surface area contributed by atoms with E-state index in [-0.39, 0.29) is 11.0 Å². The number of hydrogen-bond acceptors (Lipinski definition) is 4. The average molecular weight is 272 g/mol. The number of pyridine rings is 1. The Morgan fingerprint density at radius 2 is 1.75 bits per heavy atom. The van der Waals surface area contributed by atoms with Gasteiger partial charge in [-0.25, -0.2) is 9.78 Å².